The van der Waals surface area contributed by atoms with E-state index in [1.165, 1.54) is 11.1 Å². The predicted octanol–water partition coefficient (Wildman–Crippen LogP) is 3.92. The van der Waals surface area contributed by atoms with Gasteiger partial charge in [-0.15, -0.1) is 0 Å². The lowest BCUT2D eigenvalue weighted by molar-refractivity contribution is -0.138. The Morgan fingerprint density at radius 1 is 0.909 bits per heavy atom. The van der Waals surface area contributed by atoms with Crippen LogP contribution in [0.2, 0.25) is 0 Å². The van der Waals surface area contributed by atoms with Gasteiger partial charge in [0.2, 0.25) is 5.91 Å². The summed E-state index contributed by atoms with van der Waals surface area (Å²) < 4.78 is 5.48. The maximum atomic E-state index is 12.2. The fourth-order valence-electron chi connectivity index (χ4n) is 5.07. The molecule has 0 bridgehead atoms. The molecule has 1 fully saturated rings. The van der Waals surface area contributed by atoms with Crippen LogP contribution in [0.25, 0.3) is 11.1 Å². The van der Waals surface area contributed by atoms with Crippen LogP contribution in [0.3, 0.4) is 0 Å². The summed E-state index contributed by atoms with van der Waals surface area (Å²) in [4.78, 5) is 35.1. The lowest BCUT2D eigenvalue weighted by Crippen LogP contribution is -2.33. The minimum absolute atomic E-state index is 0.00260. The second-order valence-electron chi connectivity index (χ2n) is 8.95. The van der Waals surface area contributed by atoms with E-state index in [-0.39, 0.29) is 43.7 Å². The molecule has 2 aliphatic rings. The van der Waals surface area contributed by atoms with E-state index in [1.54, 1.807) is 0 Å². The molecule has 4 rings (SSSR count). The van der Waals surface area contributed by atoms with Crippen molar-refractivity contribution in [2.24, 2.45) is 11.8 Å². The molecule has 0 aromatic heterocycles. The zero-order valence-corrected chi connectivity index (χ0v) is 18.6. The van der Waals surface area contributed by atoms with E-state index in [4.69, 9.17) is 9.84 Å². The molecule has 2 aromatic carbocycles. The molecule has 0 radical (unpaired) electrons. The number of carbonyl (C=O) groups is 3. The number of hydrogen-bond donors (Lipinski definition) is 3. The molecule has 2 aliphatic carbocycles. The number of carboxylic acids is 1. The third kappa shape index (κ3) is 5.72. The van der Waals surface area contributed by atoms with Crippen molar-refractivity contribution in [1.29, 1.82) is 0 Å². The fraction of sp³-hybridized carbons (Fsp3) is 0.423. The van der Waals surface area contributed by atoms with Crippen LogP contribution in [0, 0.1) is 11.8 Å². The van der Waals surface area contributed by atoms with Gasteiger partial charge in [0, 0.05) is 31.8 Å². The van der Waals surface area contributed by atoms with Crippen LogP contribution in [0.1, 0.15) is 49.1 Å². The quantitative estimate of drug-likeness (QED) is 0.537. The third-order valence-corrected chi connectivity index (χ3v) is 6.67. The van der Waals surface area contributed by atoms with Gasteiger partial charge in [-0.3, -0.25) is 9.59 Å². The van der Waals surface area contributed by atoms with E-state index in [1.807, 2.05) is 24.3 Å². The van der Waals surface area contributed by atoms with Crippen LogP contribution in [0.5, 0.6) is 0 Å². The van der Waals surface area contributed by atoms with E-state index in [2.05, 4.69) is 34.9 Å². The zero-order chi connectivity index (χ0) is 23.2. The third-order valence-electron chi connectivity index (χ3n) is 6.67. The summed E-state index contributed by atoms with van der Waals surface area (Å²) in [7, 11) is 0. The molecule has 2 amide bonds. The summed E-state index contributed by atoms with van der Waals surface area (Å²) in [5.74, 6) is -0.351. The van der Waals surface area contributed by atoms with Gasteiger partial charge >= 0.3 is 12.1 Å². The molecule has 0 heterocycles. The first kappa shape index (κ1) is 22.8. The zero-order valence-electron chi connectivity index (χ0n) is 18.6. The smallest absolute Gasteiger partial charge is 0.407 e. The van der Waals surface area contributed by atoms with Gasteiger partial charge in [0.25, 0.3) is 0 Å². The molecule has 3 N–H and O–H groups in total. The largest absolute Gasteiger partial charge is 0.481 e. The van der Waals surface area contributed by atoms with Crippen LogP contribution < -0.4 is 10.6 Å². The van der Waals surface area contributed by atoms with Crippen molar-refractivity contribution in [2.75, 3.05) is 19.7 Å². The first-order valence-corrected chi connectivity index (χ1v) is 11.6. The Kier molecular flexibility index (Phi) is 7.27. The van der Waals surface area contributed by atoms with Gasteiger partial charge in [0.1, 0.15) is 6.61 Å². The van der Waals surface area contributed by atoms with E-state index >= 15 is 0 Å². The van der Waals surface area contributed by atoms with Crippen molar-refractivity contribution in [1.82, 2.24) is 10.6 Å². The highest BCUT2D eigenvalue weighted by molar-refractivity contribution is 5.79. The summed E-state index contributed by atoms with van der Waals surface area (Å²) in [6.45, 7) is 1.000. The Bertz CT molecular complexity index is 976. The van der Waals surface area contributed by atoms with Gasteiger partial charge in [-0.25, -0.2) is 4.79 Å². The van der Waals surface area contributed by atoms with Crippen molar-refractivity contribution >= 4 is 18.0 Å². The molecule has 1 saturated carbocycles. The average molecular weight is 451 g/mol. The van der Waals surface area contributed by atoms with E-state index in [0.29, 0.717) is 12.5 Å². The van der Waals surface area contributed by atoms with Crippen LogP contribution >= 0.6 is 0 Å². The number of alkyl carbamates (subject to hydrolysis) is 1. The lowest BCUT2D eigenvalue weighted by Gasteiger charge is -2.15. The molecule has 7 heteroatoms. The van der Waals surface area contributed by atoms with E-state index in [0.717, 1.165) is 30.4 Å². The van der Waals surface area contributed by atoms with E-state index < -0.39 is 12.1 Å². The second-order valence-corrected chi connectivity index (χ2v) is 8.95. The SMILES string of the molecule is O=C(O)CC1CCC(CNC(=O)CCNC(=O)OCC2c3ccccc3-c3ccccc32)C1. The highest BCUT2D eigenvalue weighted by atomic mass is 16.5. The molecule has 174 valence electrons. The molecule has 0 spiro atoms. The van der Waals surface area contributed by atoms with Gasteiger partial charge < -0.3 is 20.5 Å². The number of aliphatic carboxylic acids is 1. The van der Waals surface area contributed by atoms with Crippen LogP contribution in [0.4, 0.5) is 4.79 Å². The number of benzene rings is 2. The average Bonchev–Trinajstić information content (AvgIpc) is 3.38. The van der Waals surface area contributed by atoms with Gasteiger partial charge in [-0.1, -0.05) is 48.5 Å². The summed E-state index contributed by atoms with van der Waals surface area (Å²) >= 11 is 0. The van der Waals surface area contributed by atoms with Crippen molar-refractivity contribution < 1.29 is 24.2 Å². The predicted molar refractivity (Wildman–Crippen MR) is 124 cm³/mol. The van der Waals surface area contributed by atoms with Crippen LogP contribution in [-0.4, -0.2) is 42.8 Å². The number of amides is 2. The summed E-state index contributed by atoms with van der Waals surface area (Å²) in [5, 5.41) is 14.4. The Morgan fingerprint density at radius 3 is 2.21 bits per heavy atom. The number of nitrogens with one attached hydrogen (secondary N) is 2. The Morgan fingerprint density at radius 2 is 1.55 bits per heavy atom. The molecule has 2 unspecified atom stereocenters. The molecule has 33 heavy (non-hydrogen) atoms. The molecule has 7 nitrogen and oxygen atoms in total. The van der Waals surface area contributed by atoms with Crippen molar-refractivity contribution in [3.05, 3.63) is 59.7 Å². The number of carbonyl (C=O) groups excluding carboxylic acids is 2. The van der Waals surface area contributed by atoms with Gasteiger partial charge in [-0.05, 0) is 53.4 Å². The highest BCUT2D eigenvalue weighted by Gasteiger charge is 2.29. The maximum Gasteiger partial charge on any atom is 0.407 e. The molecule has 0 aliphatic heterocycles. The highest BCUT2D eigenvalue weighted by Crippen LogP contribution is 2.44. The first-order valence-electron chi connectivity index (χ1n) is 11.6. The fourth-order valence-corrected chi connectivity index (χ4v) is 5.07. The summed E-state index contributed by atoms with van der Waals surface area (Å²) in [6.07, 6.45) is 2.53. The number of fused-ring (bicyclic) bond motifs is 3. The maximum absolute atomic E-state index is 12.2. The van der Waals surface area contributed by atoms with Crippen LogP contribution in [-0.2, 0) is 14.3 Å². The summed E-state index contributed by atoms with van der Waals surface area (Å²) in [6, 6.07) is 16.3. The normalized spacial score (nSPS) is 18.9. The Hall–Kier alpha value is -3.35. The Labute approximate surface area is 193 Å². The molecular formula is C26H30N2O5. The molecule has 2 atom stereocenters. The van der Waals surface area contributed by atoms with Crippen molar-refractivity contribution in [3.63, 3.8) is 0 Å². The molecule has 0 saturated heterocycles. The lowest BCUT2D eigenvalue weighted by atomic mass is 9.98. The minimum Gasteiger partial charge on any atom is -0.481 e. The number of ether oxygens (including phenoxy) is 1. The number of rotatable bonds is 9. The second kappa shape index (κ2) is 10.5. The molecular weight excluding hydrogens is 420 g/mol. The van der Waals surface area contributed by atoms with Crippen LogP contribution in [0.15, 0.2) is 48.5 Å². The Balaban J connectivity index is 1.16. The van der Waals surface area contributed by atoms with Gasteiger partial charge in [0.05, 0.1) is 0 Å². The van der Waals surface area contributed by atoms with Crippen molar-refractivity contribution in [3.8, 4) is 11.1 Å². The number of carboxylic acid groups (broad SMARTS) is 1. The monoisotopic (exact) mass is 450 g/mol. The molecule has 2 aromatic rings. The minimum atomic E-state index is -0.760. The first-order chi connectivity index (χ1) is 16.0. The standard InChI is InChI=1S/C26H30N2O5/c29-24(28-15-18-10-9-17(13-18)14-25(30)31)11-12-27-26(32)33-16-23-21-7-3-1-5-19(21)20-6-2-4-8-22(20)23/h1-8,17-18,23H,9-16H2,(H,27,32)(H,28,29)(H,30,31). The number of hydrogen-bond acceptors (Lipinski definition) is 4. The van der Waals surface area contributed by atoms with E-state index in [9.17, 15) is 14.4 Å². The van der Waals surface area contributed by atoms with Gasteiger partial charge in [0.15, 0.2) is 0 Å². The van der Waals surface area contributed by atoms with Gasteiger partial charge in [-0.2, -0.15) is 0 Å². The summed E-state index contributed by atoms with van der Waals surface area (Å²) in [5.41, 5.74) is 4.66. The topological polar surface area (TPSA) is 105 Å². The van der Waals surface area contributed by atoms with Crippen molar-refractivity contribution in [2.45, 2.75) is 38.0 Å².